The molecule has 0 bridgehead atoms. The van der Waals surface area contributed by atoms with E-state index in [2.05, 4.69) is 22.5 Å². The Morgan fingerprint density at radius 2 is 1.86 bits per heavy atom. The van der Waals surface area contributed by atoms with Gasteiger partial charge in [-0.25, -0.2) is 0 Å². The van der Waals surface area contributed by atoms with Crippen LogP contribution in [0.25, 0.3) is 5.57 Å². The number of Topliss-reactive ketones (excluding diaryl/α,β-unsaturated/α-hetero) is 1. The molecule has 2 atom stereocenters. The number of ketones is 1. The van der Waals surface area contributed by atoms with Crippen LogP contribution in [0.1, 0.15) is 38.8 Å². The third-order valence-corrected chi connectivity index (χ3v) is 6.23. The molecule has 2 aliphatic heterocycles. The van der Waals surface area contributed by atoms with Gasteiger partial charge in [-0.3, -0.25) is 14.6 Å². The third-order valence-electron chi connectivity index (χ3n) is 6.23. The number of aliphatic imine (C=N–C) groups is 1. The molecule has 3 aliphatic rings. The molecule has 2 aromatic rings. The summed E-state index contributed by atoms with van der Waals surface area (Å²) >= 11 is 0. The van der Waals surface area contributed by atoms with Gasteiger partial charge in [-0.2, -0.15) is 13.2 Å². The molecule has 1 amide bonds. The van der Waals surface area contributed by atoms with Crippen LogP contribution in [0.2, 0.25) is 0 Å². The van der Waals surface area contributed by atoms with E-state index in [-0.39, 0.29) is 36.7 Å². The number of rotatable bonds is 3. The molecule has 180 valence electrons. The summed E-state index contributed by atoms with van der Waals surface area (Å²) in [6.45, 7) is 2.83. The van der Waals surface area contributed by atoms with E-state index in [9.17, 15) is 22.8 Å². The Kier molecular flexibility index (Phi) is 5.70. The van der Waals surface area contributed by atoms with Gasteiger partial charge in [0.25, 0.3) is 11.7 Å². The normalized spacial score (nSPS) is 21.1. The highest BCUT2D eigenvalue weighted by atomic mass is 19.4. The second-order valence-electron chi connectivity index (χ2n) is 8.66. The fourth-order valence-electron chi connectivity index (χ4n) is 4.47. The number of nitrogens with zero attached hydrogens (tertiary/aromatic N) is 2. The Hall–Kier alpha value is -3.88. The van der Waals surface area contributed by atoms with Gasteiger partial charge in [0, 0.05) is 23.2 Å². The van der Waals surface area contributed by atoms with Gasteiger partial charge in [0.15, 0.2) is 0 Å². The van der Waals surface area contributed by atoms with Crippen molar-refractivity contribution >= 4 is 23.1 Å². The SMILES string of the molecule is CC1=NC2C=CC(c3ccc4c(c3)CN(C(=O)c3ccc(C(=O)C(F)(F)F)cc3)CCO4)=CC2N1. The summed E-state index contributed by atoms with van der Waals surface area (Å²) in [5, 5.41) is 3.35. The molecule has 6 nitrogen and oxygen atoms in total. The van der Waals surface area contributed by atoms with E-state index in [1.807, 2.05) is 31.2 Å². The molecule has 0 radical (unpaired) electrons. The van der Waals surface area contributed by atoms with Crippen LogP contribution in [-0.4, -0.2) is 53.8 Å². The first-order valence-corrected chi connectivity index (χ1v) is 11.2. The monoisotopic (exact) mass is 481 g/mol. The first kappa shape index (κ1) is 22.9. The van der Waals surface area contributed by atoms with Gasteiger partial charge in [-0.15, -0.1) is 0 Å². The lowest BCUT2D eigenvalue weighted by atomic mass is 9.93. The fraction of sp³-hybridized carbons (Fsp3) is 0.269. The van der Waals surface area contributed by atoms with Crippen LogP contribution in [-0.2, 0) is 6.54 Å². The number of nitrogens with one attached hydrogen (secondary N) is 1. The molecule has 0 saturated heterocycles. The Morgan fingerprint density at radius 1 is 1.11 bits per heavy atom. The topological polar surface area (TPSA) is 71.0 Å². The van der Waals surface area contributed by atoms with Gasteiger partial charge < -0.3 is 15.0 Å². The number of hydrogen-bond donors (Lipinski definition) is 1. The smallest absolute Gasteiger partial charge is 0.454 e. The van der Waals surface area contributed by atoms with Gasteiger partial charge in [0.2, 0.25) is 0 Å². The minimum absolute atomic E-state index is 0.0915. The molecule has 1 N–H and O–H groups in total. The minimum Gasteiger partial charge on any atom is -0.491 e. The summed E-state index contributed by atoms with van der Waals surface area (Å²) in [4.78, 5) is 30.6. The van der Waals surface area contributed by atoms with Gasteiger partial charge >= 0.3 is 6.18 Å². The second-order valence-corrected chi connectivity index (χ2v) is 8.66. The van der Waals surface area contributed by atoms with Crippen molar-refractivity contribution in [1.82, 2.24) is 10.2 Å². The Bertz CT molecular complexity index is 1280. The van der Waals surface area contributed by atoms with E-state index in [0.717, 1.165) is 34.7 Å². The number of fused-ring (bicyclic) bond motifs is 2. The average Bonchev–Trinajstić information content (AvgIpc) is 3.08. The number of alkyl halides is 3. The number of amidine groups is 1. The first-order chi connectivity index (χ1) is 16.7. The molecule has 0 aromatic heterocycles. The zero-order chi connectivity index (χ0) is 24.7. The van der Waals surface area contributed by atoms with E-state index < -0.39 is 17.5 Å². The number of carbonyl (C=O) groups is 2. The van der Waals surface area contributed by atoms with E-state index in [1.165, 1.54) is 12.1 Å². The van der Waals surface area contributed by atoms with Crippen LogP contribution in [0.5, 0.6) is 5.75 Å². The molecule has 5 rings (SSSR count). The van der Waals surface area contributed by atoms with Crippen molar-refractivity contribution in [3.8, 4) is 5.75 Å². The largest absolute Gasteiger partial charge is 0.491 e. The summed E-state index contributed by atoms with van der Waals surface area (Å²) in [5.41, 5.74) is 2.56. The van der Waals surface area contributed by atoms with Crippen LogP contribution in [0.3, 0.4) is 0 Å². The maximum Gasteiger partial charge on any atom is 0.454 e. The molecule has 2 unspecified atom stereocenters. The van der Waals surface area contributed by atoms with Crippen molar-refractivity contribution in [2.45, 2.75) is 31.7 Å². The molecule has 0 fully saturated rings. The van der Waals surface area contributed by atoms with Gasteiger partial charge in [0.1, 0.15) is 12.4 Å². The molecule has 1 aliphatic carbocycles. The first-order valence-electron chi connectivity index (χ1n) is 11.2. The average molecular weight is 481 g/mol. The van der Waals surface area contributed by atoms with Crippen molar-refractivity contribution in [2.75, 3.05) is 13.2 Å². The second kappa shape index (κ2) is 8.72. The van der Waals surface area contributed by atoms with E-state index in [1.54, 1.807) is 4.90 Å². The van der Waals surface area contributed by atoms with Crippen molar-refractivity contribution in [3.05, 3.63) is 82.9 Å². The highest BCUT2D eigenvalue weighted by Gasteiger charge is 2.39. The highest BCUT2D eigenvalue weighted by molar-refractivity contribution is 6.01. The number of carbonyl (C=O) groups excluding carboxylic acids is 2. The van der Waals surface area contributed by atoms with Crippen LogP contribution < -0.4 is 10.1 Å². The maximum atomic E-state index is 13.1. The Labute approximate surface area is 199 Å². The summed E-state index contributed by atoms with van der Waals surface area (Å²) < 4.78 is 43.8. The fourth-order valence-corrected chi connectivity index (χ4v) is 4.47. The molecular weight excluding hydrogens is 459 g/mol. The summed E-state index contributed by atoms with van der Waals surface area (Å²) in [7, 11) is 0. The molecular formula is C26H22F3N3O3. The number of amides is 1. The Balaban J connectivity index is 1.35. The van der Waals surface area contributed by atoms with Crippen molar-refractivity contribution in [1.29, 1.82) is 0 Å². The molecule has 0 spiro atoms. The molecule has 2 aromatic carbocycles. The van der Waals surface area contributed by atoms with Crippen molar-refractivity contribution < 1.29 is 27.5 Å². The molecule has 35 heavy (non-hydrogen) atoms. The van der Waals surface area contributed by atoms with Gasteiger partial charge in [-0.05, 0) is 42.3 Å². The van der Waals surface area contributed by atoms with Gasteiger partial charge in [-0.1, -0.05) is 36.4 Å². The summed E-state index contributed by atoms with van der Waals surface area (Å²) in [6.07, 6.45) is 1.28. The van der Waals surface area contributed by atoms with Crippen LogP contribution in [0.4, 0.5) is 13.2 Å². The summed E-state index contributed by atoms with van der Waals surface area (Å²) in [6, 6.07) is 10.6. The quantitative estimate of drug-likeness (QED) is 0.668. The highest BCUT2D eigenvalue weighted by Crippen LogP contribution is 2.31. The predicted molar refractivity (Wildman–Crippen MR) is 124 cm³/mol. The maximum absolute atomic E-state index is 13.1. The van der Waals surface area contributed by atoms with E-state index in [4.69, 9.17) is 4.74 Å². The summed E-state index contributed by atoms with van der Waals surface area (Å²) in [5.74, 6) is -0.692. The number of hydrogen-bond acceptors (Lipinski definition) is 5. The van der Waals surface area contributed by atoms with Crippen LogP contribution >= 0.6 is 0 Å². The lowest BCUT2D eigenvalue weighted by molar-refractivity contribution is -0.0885. The predicted octanol–water partition coefficient (Wildman–Crippen LogP) is 4.18. The van der Waals surface area contributed by atoms with Crippen LogP contribution in [0.15, 0.2) is 65.7 Å². The lowest BCUT2D eigenvalue weighted by Crippen LogP contribution is -2.32. The standard InChI is InChI=1S/C26H22F3N3O3/c1-15-30-21-8-6-19(13-22(21)31-15)18-7-9-23-20(12-18)14-32(10-11-35-23)25(34)17-4-2-16(3-5-17)24(33)26(27,28)29/h2-9,12-13,21-22H,10-11,14H2,1H3,(H,30,31). The van der Waals surface area contributed by atoms with Crippen LogP contribution in [0, 0.1) is 0 Å². The van der Waals surface area contributed by atoms with Crippen molar-refractivity contribution in [3.63, 3.8) is 0 Å². The lowest BCUT2D eigenvalue weighted by Gasteiger charge is -2.21. The number of benzene rings is 2. The number of halogens is 3. The molecule has 9 heteroatoms. The zero-order valence-corrected chi connectivity index (χ0v) is 18.8. The molecule has 0 saturated carbocycles. The molecule has 2 heterocycles. The number of ether oxygens (including phenoxy) is 1. The minimum atomic E-state index is -4.96. The van der Waals surface area contributed by atoms with Crippen molar-refractivity contribution in [2.24, 2.45) is 4.99 Å². The van der Waals surface area contributed by atoms with E-state index in [0.29, 0.717) is 12.3 Å². The van der Waals surface area contributed by atoms with Gasteiger partial charge in [0.05, 0.1) is 24.5 Å². The Morgan fingerprint density at radius 3 is 2.60 bits per heavy atom. The van der Waals surface area contributed by atoms with E-state index >= 15 is 0 Å². The third kappa shape index (κ3) is 4.58. The number of allylic oxidation sites excluding steroid dienone is 2. The zero-order valence-electron chi connectivity index (χ0n) is 18.8.